The lowest BCUT2D eigenvalue weighted by atomic mass is 10.2. The summed E-state index contributed by atoms with van der Waals surface area (Å²) in [6.07, 6.45) is 1.42. The minimum absolute atomic E-state index is 0.0168. The first kappa shape index (κ1) is 11.8. The first-order valence-corrected chi connectivity index (χ1v) is 4.83. The van der Waals surface area contributed by atoms with Gasteiger partial charge in [0.25, 0.3) is 0 Å². The van der Waals surface area contributed by atoms with E-state index in [1.807, 2.05) is 0 Å². The number of aromatic nitrogens is 1. The number of esters is 1. The second kappa shape index (κ2) is 5.54. The van der Waals surface area contributed by atoms with E-state index in [0.29, 0.717) is 0 Å². The van der Waals surface area contributed by atoms with Crippen molar-refractivity contribution in [2.24, 2.45) is 0 Å². The van der Waals surface area contributed by atoms with Crippen LogP contribution in [0.15, 0.2) is 18.3 Å². The molecule has 1 aromatic rings. The molecule has 0 radical (unpaired) electrons. The highest BCUT2D eigenvalue weighted by Crippen LogP contribution is 2.08. The molecule has 0 unspecified atom stereocenters. The highest BCUT2D eigenvalue weighted by Gasteiger charge is 2.14. The van der Waals surface area contributed by atoms with Gasteiger partial charge in [-0.05, 0) is 12.1 Å². The normalized spacial score (nSPS) is 9.73. The van der Waals surface area contributed by atoms with Crippen LogP contribution >= 0.6 is 23.2 Å². The van der Waals surface area contributed by atoms with Gasteiger partial charge in [0.15, 0.2) is 5.69 Å². The van der Waals surface area contributed by atoms with Crippen molar-refractivity contribution in [2.45, 2.75) is 4.84 Å². The van der Waals surface area contributed by atoms with Crippen LogP contribution in [0.4, 0.5) is 0 Å². The fraction of sp³-hybridized carbons (Fsp3) is 0.222. The molecule has 1 heterocycles. The van der Waals surface area contributed by atoms with Gasteiger partial charge in [0.2, 0.25) is 0 Å². The zero-order valence-electron chi connectivity index (χ0n) is 7.48. The van der Waals surface area contributed by atoms with E-state index < -0.39 is 10.8 Å². The number of rotatable bonds is 3. The number of nitriles is 1. The van der Waals surface area contributed by atoms with E-state index in [9.17, 15) is 4.79 Å². The SMILES string of the molecule is N#Cc1ncccc1C(=O)OCC(Cl)Cl. The van der Waals surface area contributed by atoms with Crippen molar-refractivity contribution >= 4 is 29.2 Å². The molecule has 1 rings (SSSR count). The van der Waals surface area contributed by atoms with Gasteiger partial charge >= 0.3 is 5.97 Å². The Bertz CT molecular complexity index is 401. The lowest BCUT2D eigenvalue weighted by molar-refractivity contribution is 0.0520. The van der Waals surface area contributed by atoms with Gasteiger partial charge in [-0.25, -0.2) is 9.78 Å². The van der Waals surface area contributed by atoms with Gasteiger partial charge < -0.3 is 4.74 Å². The highest BCUT2D eigenvalue weighted by atomic mass is 35.5. The number of hydrogen-bond donors (Lipinski definition) is 0. The Labute approximate surface area is 96.4 Å². The van der Waals surface area contributed by atoms with Crippen LogP contribution in [0.1, 0.15) is 16.1 Å². The maximum Gasteiger partial charge on any atom is 0.341 e. The Balaban J connectivity index is 2.78. The first-order chi connectivity index (χ1) is 7.15. The van der Waals surface area contributed by atoms with Crippen molar-refractivity contribution in [1.29, 1.82) is 5.26 Å². The number of hydrogen-bond acceptors (Lipinski definition) is 4. The third-order valence-corrected chi connectivity index (χ3v) is 1.73. The van der Waals surface area contributed by atoms with Crippen LogP contribution in [0.25, 0.3) is 0 Å². The van der Waals surface area contributed by atoms with Crippen LogP contribution in [-0.2, 0) is 4.74 Å². The molecule has 0 aromatic carbocycles. The molecule has 0 atom stereocenters. The minimum Gasteiger partial charge on any atom is -0.459 e. The smallest absolute Gasteiger partial charge is 0.341 e. The molecule has 4 nitrogen and oxygen atoms in total. The van der Waals surface area contributed by atoms with Crippen LogP contribution in [0.2, 0.25) is 0 Å². The van der Waals surface area contributed by atoms with Crippen molar-refractivity contribution in [3.05, 3.63) is 29.6 Å². The molecule has 6 heteroatoms. The van der Waals surface area contributed by atoms with Crippen molar-refractivity contribution < 1.29 is 9.53 Å². The molecule has 0 bridgehead atoms. The molecule has 15 heavy (non-hydrogen) atoms. The van der Waals surface area contributed by atoms with Gasteiger partial charge in [-0.2, -0.15) is 5.26 Å². The number of ether oxygens (including phenoxy) is 1. The van der Waals surface area contributed by atoms with Crippen LogP contribution < -0.4 is 0 Å². The number of carbonyl (C=O) groups is 1. The molecule has 0 N–H and O–H groups in total. The van der Waals surface area contributed by atoms with E-state index in [0.717, 1.165) is 0 Å². The zero-order valence-corrected chi connectivity index (χ0v) is 9.00. The van der Waals surface area contributed by atoms with Crippen LogP contribution in [-0.4, -0.2) is 22.4 Å². The largest absolute Gasteiger partial charge is 0.459 e. The molecular weight excluding hydrogens is 239 g/mol. The summed E-state index contributed by atoms with van der Waals surface area (Å²) < 4.78 is 4.74. The predicted octanol–water partition coefficient (Wildman–Crippen LogP) is 1.91. The van der Waals surface area contributed by atoms with Crippen LogP contribution in [0, 0.1) is 11.3 Å². The molecule has 0 saturated carbocycles. The van der Waals surface area contributed by atoms with E-state index in [1.165, 1.54) is 18.3 Å². The third kappa shape index (κ3) is 3.39. The average Bonchev–Trinajstić information content (AvgIpc) is 2.25. The van der Waals surface area contributed by atoms with Gasteiger partial charge in [-0.3, -0.25) is 0 Å². The molecule has 0 aliphatic heterocycles. The summed E-state index contributed by atoms with van der Waals surface area (Å²) in [5, 5.41) is 8.67. The summed E-state index contributed by atoms with van der Waals surface area (Å²) in [6.45, 7) is -0.123. The number of carbonyl (C=O) groups excluding carboxylic acids is 1. The van der Waals surface area contributed by atoms with Crippen molar-refractivity contribution in [1.82, 2.24) is 4.98 Å². The fourth-order valence-corrected chi connectivity index (χ4v) is 1.00. The van der Waals surface area contributed by atoms with Crippen LogP contribution in [0.5, 0.6) is 0 Å². The summed E-state index contributed by atoms with van der Waals surface area (Å²) in [5.41, 5.74) is 0.122. The summed E-state index contributed by atoms with van der Waals surface area (Å²) in [6, 6.07) is 4.77. The van der Waals surface area contributed by atoms with E-state index in [2.05, 4.69) is 4.98 Å². The molecule has 0 saturated heterocycles. The maximum atomic E-state index is 11.4. The molecule has 0 aliphatic carbocycles. The average molecular weight is 245 g/mol. The Hall–Kier alpha value is -1.31. The highest BCUT2D eigenvalue weighted by molar-refractivity contribution is 6.44. The van der Waals surface area contributed by atoms with Gasteiger partial charge in [0.05, 0.1) is 5.56 Å². The van der Waals surface area contributed by atoms with E-state index in [1.54, 1.807) is 6.07 Å². The lowest BCUT2D eigenvalue weighted by Gasteiger charge is -2.05. The first-order valence-electron chi connectivity index (χ1n) is 3.95. The molecule has 0 spiro atoms. The predicted molar refractivity (Wildman–Crippen MR) is 54.7 cm³/mol. The van der Waals surface area contributed by atoms with Gasteiger partial charge in [0.1, 0.15) is 17.5 Å². The third-order valence-electron chi connectivity index (χ3n) is 1.47. The molecule has 1 aromatic heterocycles. The van der Waals surface area contributed by atoms with Crippen molar-refractivity contribution in [3.8, 4) is 6.07 Å². The van der Waals surface area contributed by atoms with Crippen molar-refractivity contribution in [3.63, 3.8) is 0 Å². The summed E-state index contributed by atoms with van der Waals surface area (Å²) in [5.74, 6) is -0.661. The quantitative estimate of drug-likeness (QED) is 0.602. The van der Waals surface area contributed by atoms with Crippen LogP contribution in [0.3, 0.4) is 0 Å². The van der Waals surface area contributed by atoms with Crippen molar-refractivity contribution in [2.75, 3.05) is 6.61 Å². The second-order valence-corrected chi connectivity index (χ2v) is 3.78. The standard InChI is InChI=1S/C9H6Cl2N2O2/c10-8(11)5-15-9(14)6-2-1-3-13-7(6)4-12/h1-3,8H,5H2. The summed E-state index contributed by atoms with van der Waals surface area (Å²) in [4.78, 5) is 14.3. The number of halogens is 2. The van der Waals surface area contributed by atoms with E-state index in [-0.39, 0.29) is 17.9 Å². The summed E-state index contributed by atoms with van der Waals surface area (Å²) >= 11 is 10.8. The lowest BCUT2D eigenvalue weighted by Crippen LogP contribution is -2.12. The fourth-order valence-electron chi connectivity index (χ4n) is 0.876. The Morgan fingerprint density at radius 1 is 1.67 bits per heavy atom. The van der Waals surface area contributed by atoms with E-state index in [4.69, 9.17) is 33.2 Å². The molecule has 0 fully saturated rings. The number of pyridine rings is 1. The topological polar surface area (TPSA) is 63.0 Å². The monoisotopic (exact) mass is 244 g/mol. The minimum atomic E-state index is -0.781. The molecule has 0 amide bonds. The Morgan fingerprint density at radius 2 is 2.40 bits per heavy atom. The van der Waals surface area contributed by atoms with Gasteiger partial charge in [-0.1, -0.05) is 0 Å². The second-order valence-electron chi connectivity index (χ2n) is 2.50. The zero-order chi connectivity index (χ0) is 11.3. The summed E-state index contributed by atoms with van der Waals surface area (Å²) in [7, 11) is 0. The molecule has 78 valence electrons. The number of alkyl halides is 2. The van der Waals surface area contributed by atoms with Gasteiger partial charge in [-0.15, -0.1) is 23.2 Å². The maximum absolute atomic E-state index is 11.4. The number of nitrogens with zero attached hydrogens (tertiary/aromatic N) is 2. The molecule has 0 aliphatic rings. The Morgan fingerprint density at radius 3 is 3.00 bits per heavy atom. The molecular formula is C9H6Cl2N2O2. The Kier molecular flexibility index (Phi) is 4.35. The van der Waals surface area contributed by atoms with E-state index >= 15 is 0 Å². The van der Waals surface area contributed by atoms with Gasteiger partial charge in [0, 0.05) is 6.20 Å².